The zero-order valence-electron chi connectivity index (χ0n) is 12.4. The summed E-state index contributed by atoms with van der Waals surface area (Å²) in [6, 6.07) is 13.6. The van der Waals surface area contributed by atoms with E-state index in [4.69, 9.17) is 4.74 Å². The fourth-order valence-corrected chi connectivity index (χ4v) is 2.97. The van der Waals surface area contributed by atoms with Crippen LogP contribution in [0.5, 0.6) is 5.75 Å². The summed E-state index contributed by atoms with van der Waals surface area (Å²) in [6.07, 6.45) is 2.10. The lowest BCUT2D eigenvalue weighted by atomic mass is 9.76. The predicted octanol–water partition coefficient (Wildman–Crippen LogP) is 4.50. The summed E-state index contributed by atoms with van der Waals surface area (Å²) in [4.78, 5) is 0. The van der Waals surface area contributed by atoms with Gasteiger partial charge in [0.05, 0.1) is 7.11 Å². The summed E-state index contributed by atoms with van der Waals surface area (Å²) in [5, 5.41) is 3.54. The second-order valence-electron chi connectivity index (χ2n) is 5.75. The molecule has 1 aliphatic carbocycles. The first-order valence-corrected chi connectivity index (χ1v) is 7.32. The molecule has 0 atom stereocenters. The fraction of sp³-hybridized carbons (Fsp3) is 0.333. The van der Waals surface area contributed by atoms with Gasteiger partial charge in [0, 0.05) is 11.7 Å². The predicted molar refractivity (Wildman–Crippen MR) is 83.5 cm³/mol. The smallest absolute Gasteiger partial charge is 0.123 e. The van der Waals surface area contributed by atoms with Crippen LogP contribution in [0.1, 0.15) is 29.9 Å². The quantitative estimate of drug-likeness (QED) is 0.893. The summed E-state index contributed by atoms with van der Waals surface area (Å²) in [5.74, 6) is 1.24. The van der Waals surface area contributed by atoms with Crippen LogP contribution in [-0.4, -0.2) is 13.2 Å². The van der Waals surface area contributed by atoms with E-state index in [1.165, 1.54) is 6.07 Å². The molecule has 3 heteroatoms. The molecule has 0 amide bonds. The number of ether oxygens (including phenoxy) is 1. The highest BCUT2D eigenvalue weighted by Gasteiger charge is 2.30. The van der Waals surface area contributed by atoms with Crippen molar-refractivity contribution < 1.29 is 9.13 Å². The molecule has 0 aliphatic heterocycles. The number of hydrogen-bond acceptors (Lipinski definition) is 2. The molecule has 0 saturated heterocycles. The van der Waals surface area contributed by atoms with E-state index < -0.39 is 0 Å². The third-order valence-corrected chi connectivity index (χ3v) is 4.22. The molecule has 2 nitrogen and oxygen atoms in total. The highest BCUT2D eigenvalue weighted by atomic mass is 19.1. The van der Waals surface area contributed by atoms with Crippen molar-refractivity contribution in [1.82, 2.24) is 0 Å². The lowest BCUT2D eigenvalue weighted by molar-refractivity contribution is 0.373. The molecule has 0 unspecified atom stereocenters. The Morgan fingerprint density at radius 1 is 1.14 bits per heavy atom. The number of rotatable bonds is 4. The first kappa shape index (κ1) is 13.9. The summed E-state index contributed by atoms with van der Waals surface area (Å²) in [6.45, 7) is 2.04. The zero-order valence-corrected chi connectivity index (χ0v) is 12.4. The van der Waals surface area contributed by atoms with E-state index in [-0.39, 0.29) is 5.82 Å². The second kappa shape index (κ2) is 5.76. The maximum Gasteiger partial charge on any atom is 0.123 e. The molecule has 0 radical (unpaired) electrons. The van der Waals surface area contributed by atoms with Crippen molar-refractivity contribution in [3.8, 4) is 5.75 Å². The van der Waals surface area contributed by atoms with E-state index in [0.29, 0.717) is 12.0 Å². The van der Waals surface area contributed by atoms with Crippen molar-refractivity contribution in [2.24, 2.45) is 0 Å². The third kappa shape index (κ3) is 3.02. The molecular weight excluding hydrogens is 265 g/mol. The average molecular weight is 285 g/mol. The largest absolute Gasteiger partial charge is 0.496 e. The van der Waals surface area contributed by atoms with Crippen LogP contribution in [-0.2, 0) is 0 Å². The second-order valence-corrected chi connectivity index (χ2v) is 5.75. The fourth-order valence-electron chi connectivity index (χ4n) is 2.97. The highest BCUT2D eigenvalue weighted by Crippen LogP contribution is 2.39. The van der Waals surface area contributed by atoms with Crippen LogP contribution in [0.15, 0.2) is 42.5 Å². The molecule has 1 N–H and O–H groups in total. The summed E-state index contributed by atoms with van der Waals surface area (Å²) in [7, 11) is 1.69. The Morgan fingerprint density at radius 2 is 1.95 bits per heavy atom. The third-order valence-electron chi connectivity index (χ3n) is 4.22. The first-order valence-electron chi connectivity index (χ1n) is 7.32. The Morgan fingerprint density at radius 3 is 2.62 bits per heavy atom. The van der Waals surface area contributed by atoms with Gasteiger partial charge in [-0.3, -0.25) is 0 Å². The van der Waals surface area contributed by atoms with Gasteiger partial charge in [0.2, 0.25) is 0 Å². The summed E-state index contributed by atoms with van der Waals surface area (Å²) in [5.41, 5.74) is 3.36. The maximum atomic E-state index is 13.2. The molecule has 0 heterocycles. The molecule has 110 valence electrons. The monoisotopic (exact) mass is 285 g/mol. The molecule has 21 heavy (non-hydrogen) atoms. The van der Waals surface area contributed by atoms with E-state index in [1.54, 1.807) is 19.2 Å². The number of halogens is 1. The number of nitrogens with one attached hydrogen (secondary N) is 1. The Bertz CT molecular complexity index is 635. The van der Waals surface area contributed by atoms with Crippen molar-refractivity contribution in [2.45, 2.75) is 31.7 Å². The lowest BCUT2D eigenvalue weighted by Gasteiger charge is -2.37. The zero-order chi connectivity index (χ0) is 14.8. The normalized spacial score (nSPS) is 20.7. The molecule has 0 bridgehead atoms. The van der Waals surface area contributed by atoms with Crippen LogP contribution in [0, 0.1) is 12.7 Å². The van der Waals surface area contributed by atoms with Gasteiger partial charge in [0.1, 0.15) is 11.6 Å². The van der Waals surface area contributed by atoms with E-state index in [9.17, 15) is 4.39 Å². The number of benzene rings is 2. The average Bonchev–Trinajstić information content (AvgIpc) is 2.42. The summed E-state index contributed by atoms with van der Waals surface area (Å²) < 4.78 is 18.5. The molecule has 1 aliphatic rings. The van der Waals surface area contributed by atoms with Crippen LogP contribution in [0.2, 0.25) is 0 Å². The Kier molecular flexibility index (Phi) is 3.82. The van der Waals surface area contributed by atoms with Crippen molar-refractivity contribution in [3.05, 3.63) is 59.4 Å². The highest BCUT2D eigenvalue weighted by molar-refractivity contribution is 5.51. The Labute approximate surface area is 125 Å². The van der Waals surface area contributed by atoms with Crippen LogP contribution in [0.4, 0.5) is 10.1 Å². The topological polar surface area (TPSA) is 21.3 Å². The van der Waals surface area contributed by atoms with Crippen molar-refractivity contribution in [3.63, 3.8) is 0 Å². The first-order chi connectivity index (χ1) is 10.2. The van der Waals surface area contributed by atoms with Crippen LogP contribution in [0.25, 0.3) is 0 Å². The van der Waals surface area contributed by atoms with Gasteiger partial charge < -0.3 is 10.1 Å². The van der Waals surface area contributed by atoms with Gasteiger partial charge in [-0.15, -0.1) is 0 Å². The van der Waals surface area contributed by atoms with E-state index >= 15 is 0 Å². The van der Waals surface area contributed by atoms with Gasteiger partial charge in [0.15, 0.2) is 0 Å². The Balaban J connectivity index is 1.58. The number of hydrogen-bond donors (Lipinski definition) is 1. The lowest BCUT2D eigenvalue weighted by Crippen LogP contribution is -2.34. The minimum Gasteiger partial charge on any atom is -0.496 e. The number of aryl methyl sites for hydroxylation is 1. The molecular formula is C18H20FNO. The Hall–Kier alpha value is -2.03. The van der Waals surface area contributed by atoms with E-state index in [2.05, 4.69) is 11.4 Å². The van der Waals surface area contributed by atoms with Crippen LogP contribution < -0.4 is 10.1 Å². The van der Waals surface area contributed by atoms with E-state index in [0.717, 1.165) is 35.4 Å². The number of anilines is 1. The molecule has 0 aromatic heterocycles. The van der Waals surface area contributed by atoms with Crippen LogP contribution >= 0.6 is 0 Å². The van der Waals surface area contributed by atoms with Gasteiger partial charge >= 0.3 is 0 Å². The minimum absolute atomic E-state index is 0.144. The molecule has 0 spiro atoms. The standard InChI is InChI=1S/C18H20FNO/c1-12-8-16(6-7-18(12)21-2)20-17-10-14(11-17)13-4-3-5-15(19)9-13/h3-9,14,17,20H,10-11H2,1-2H3. The van der Waals surface area contributed by atoms with Crippen LogP contribution in [0.3, 0.4) is 0 Å². The molecule has 3 rings (SSSR count). The molecule has 1 saturated carbocycles. The van der Waals surface area contributed by atoms with Gasteiger partial charge in [0.25, 0.3) is 0 Å². The van der Waals surface area contributed by atoms with Crippen molar-refractivity contribution in [1.29, 1.82) is 0 Å². The maximum absolute atomic E-state index is 13.2. The molecule has 2 aromatic carbocycles. The molecule has 1 fully saturated rings. The van der Waals surface area contributed by atoms with E-state index in [1.807, 2.05) is 25.1 Å². The number of methoxy groups -OCH3 is 1. The van der Waals surface area contributed by atoms with Crippen molar-refractivity contribution in [2.75, 3.05) is 12.4 Å². The SMILES string of the molecule is COc1ccc(NC2CC(c3cccc(F)c3)C2)cc1C. The van der Waals surface area contributed by atoms with Gasteiger partial charge in [-0.2, -0.15) is 0 Å². The van der Waals surface area contributed by atoms with Gasteiger partial charge in [-0.25, -0.2) is 4.39 Å². The summed E-state index contributed by atoms with van der Waals surface area (Å²) >= 11 is 0. The molecule has 2 aromatic rings. The van der Waals surface area contributed by atoms with Gasteiger partial charge in [-0.05, 0) is 67.1 Å². The minimum atomic E-state index is -0.144. The van der Waals surface area contributed by atoms with Crippen molar-refractivity contribution >= 4 is 5.69 Å². The van der Waals surface area contributed by atoms with Gasteiger partial charge in [-0.1, -0.05) is 12.1 Å².